The summed E-state index contributed by atoms with van der Waals surface area (Å²) in [5.41, 5.74) is 0.631. The molecule has 0 bridgehead atoms. The van der Waals surface area contributed by atoms with E-state index in [9.17, 15) is 9.59 Å². The summed E-state index contributed by atoms with van der Waals surface area (Å²) in [4.78, 5) is 22.6. The lowest BCUT2D eigenvalue weighted by molar-refractivity contribution is 0.0696. The highest BCUT2D eigenvalue weighted by Crippen LogP contribution is 2.21. The van der Waals surface area contributed by atoms with E-state index in [4.69, 9.17) is 21.1 Å². The lowest BCUT2D eigenvalue weighted by atomic mass is 10.2. The summed E-state index contributed by atoms with van der Waals surface area (Å²) in [6, 6.07) is 5.73. The Kier molecular flexibility index (Phi) is 3.34. The molecule has 0 saturated carbocycles. The topological polar surface area (TPSA) is 79.5 Å². The Labute approximate surface area is 107 Å². The van der Waals surface area contributed by atoms with Gasteiger partial charge in [0.15, 0.2) is 0 Å². The first-order valence-electron chi connectivity index (χ1n) is 4.94. The number of benzene rings is 1. The molecule has 0 fully saturated rings. The van der Waals surface area contributed by atoms with Gasteiger partial charge in [-0.15, -0.1) is 0 Å². The smallest absolute Gasteiger partial charge is 0.337 e. The first kappa shape index (κ1) is 12.2. The minimum absolute atomic E-state index is 0.0679. The summed E-state index contributed by atoms with van der Waals surface area (Å²) in [7, 11) is 0. The molecule has 2 rings (SSSR count). The Morgan fingerprint density at radius 1 is 1.28 bits per heavy atom. The molecule has 0 unspecified atom stereocenters. The molecule has 0 radical (unpaired) electrons. The van der Waals surface area contributed by atoms with Crippen molar-refractivity contribution in [3.63, 3.8) is 0 Å². The molecule has 18 heavy (non-hydrogen) atoms. The minimum Gasteiger partial charge on any atom is -0.478 e. The highest BCUT2D eigenvalue weighted by atomic mass is 35.5. The number of nitrogens with one attached hydrogen (secondary N) is 1. The third-order valence-corrected chi connectivity index (χ3v) is 2.57. The maximum absolute atomic E-state index is 11.7. The third kappa shape index (κ3) is 2.52. The number of carboxylic acids is 1. The molecule has 0 aliphatic rings. The van der Waals surface area contributed by atoms with Crippen LogP contribution in [0, 0.1) is 0 Å². The van der Waals surface area contributed by atoms with E-state index in [-0.39, 0.29) is 16.5 Å². The fourth-order valence-corrected chi connectivity index (χ4v) is 1.56. The van der Waals surface area contributed by atoms with Crippen LogP contribution in [-0.4, -0.2) is 17.0 Å². The zero-order valence-corrected chi connectivity index (χ0v) is 9.77. The fourth-order valence-electron chi connectivity index (χ4n) is 1.36. The van der Waals surface area contributed by atoms with E-state index in [1.54, 1.807) is 0 Å². The zero-order chi connectivity index (χ0) is 13.1. The Morgan fingerprint density at radius 2 is 2.06 bits per heavy atom. The average molecular weight is 266 g/mol. The summed E-state index contributed by atoms with van der Waals surface area (Å²) >= 11 is 5.72. The van der Waals surface area contributed by atoms with Crippen LogP contribution in [0.5, 0.6) is 0 Å². The number of halogens is 1. The van der Waals surface area contributed by atoms with Crippen LogP contribution in [0.1, 0.15) is 20.7 Å². The molecular formula is C12H8ClNO4. The Balaban J connectivity index is 2.22. The van der Waals surface area contributed by atoms with Gasteiger partial charge in [-0.25, -0.2) is 4.79 Å². The average Bonchev–Trinajstić information content (AvgIpc) is 2.85. The van der Waals surface area contributed by atoms with Crippen LogP contribution in [0.3, 0.4) is 0 Å². The Hall–Kier alpha value is -2.27. The molecule has 1 amide bonds. The van der Waals surface area contributed by atoms with Crippen LogP contribution in [0.2, 0.25) is 5.02 Å². The predicted molar refractivity (Wildman–Crippen MR) is 65.1 cm³/mol. The second-order valence-electron chi connectivity index (χ2n) is 3.47. The van der Waals surface area contributed by atoms with Gasteiger partial charge in [0, 0.05) is 5.69 Å². The van der Waals surface area contributed by atoms with Gasteiger partial charge in [-0.05, 0) is 24.3 Å². The van der Waals surface area contributed by atoms with Gasteiger partial charge in [0.1, 0.15) is 6.26 Å². The van der Waals surface area contributed by atoms with Crippen molar-refractivity contribution in [1.82, 2.24) is 0 Å². The van der Waals surface area contributed by atoms with Crippen molar-refractivity contribution in [1.29, 1.82) is 0 Å². The molecule has 92 valence electrons. The van der Waals surface area contributed by atoms with Crippen molar-refractivity contribution < 1.29 is 19.1 Å². The van der Waals surface area contributed by atoms with Crippen LogP contribution in [0.4, 0.5) is 5.69 Å². The third-order valence-electron chi connectivity index (χ3n) is 2.24. The van der Waals surface area contributed by atoms with Crippen molar-refractivity contribution in [3.8, 4) is 0 Å². The van der Waals surface area contributed by atoms with Gasteiger partial charge in [-0.2, -0.15) is 0 Å². The molecule has 6 heteroatoms. The van der Waals surface area contributed by atoms with Crippen molar-refractivity contribution in [2.75, 3.05) is 5.32 Å². The SMILES string of the molecule is O=C(Nc1ccc(Cl)c(C(=O)O)c1)c1ccoc1. The molecule has 0 atom stereocenters. The molecule has 1 heterocycles. The van der Waals surface area contributed by atoms with Crippen molar-refractivity contribution in [2.45, 2.75) is 0 Å². The largest absolute Gasteiger partial charge is 0.478 e. The number of anilines is 1. The van der Waals surface area contributed by atoms with Gasteiger partial charge in [-0.1, -0.05) is 11.6 Å². The van der Waals surface area contributed by atoms with Crippen molar-refractivity contribution in [2.24, 2.45) is 0 Å². The van der Waals surface area contributed by atoms with E-state index in [0.717, 1.165) is 0 Å². The number of carbonyl (C=O) groups is 2. The zero-order valence-electron chi connectivity index (χ0n) is 9.01. The Bertz CT molecular complexity index is 592. The monoisotopic (exact) mass is 265 g/mol. The number of hydrogen-bond donors (Lipinski definition) is 2. The number of hydrogen-bond acceptors (Lipinski definition) is 3. The first-order chi connectivity index (χ1) is 8.58. The van der Waals surface area contributed by atoms with Gasteiger partial charge in [0.2, 0.25) is 0 Å². The molecule has 0 aliphatic carbocycles. The van der Waals surface area contributed by atoms with E-state index in [2.05, 4.69) is 5.32 Å². The molecule has 0 spiro atoms. The predicted octanol–water partition coefficient (Wildman–Crippen LogP) is 2.88. The Morgan fingerprint density at radius 3 is 2.67 bits per heavy atom. The lowest BCUT2D eigenvalue weighted by Crippen LogP contribution is -2.11. The summed E-state index contributed by atoms with van der Waals surface area (Å²) < 4.78 is 4.78. The van der Waals surface area contributed by atoms with Crippen molar-refractivity contribution in [3.05, 3.63) is 52.9 Å². The standard InChI is InChI=1S/C12H8ClNO4/c13-10-2-1-8(5-9(10)12(16)17)14-11(15)7-3-4-18-6-7/h1-6H,(H,14,15)(H,16,17). The summed E-state index contributed by atoms with van der Waals surface area (Å²) in [5, 5.41) is 11.6. The number of furan rings is 1. The fraction of sp³-hybridized carbons (Fsp3) is 0. The highest BCUT2D eigenvalue weighted by molar-refractivity contribution is 6.33. The molecule has 2 aromatic rings. The molecule has 2 N–H and O–H groups in total. The molecule has 5 nitrogen and oxygen atoms in total. The van der Waals surface area contributed by atoms with Gasteiger partial charge in [0.25, 0.3) is 5.91 Å². The van der Waals surface area contributed by atoms with Gasteiger partial charge in [0.05, 0.1) is 22.4 Å². The first-order valence-corrected chi connectivity index (χ1v) is 5.32. The molecule has 0 aliphatic heterocycles. The normalized spacial score (nSPS) is 10.1. The number of amides is 1. The van der Waals surface area contributed by atoms with Crippen LogP contribution in [0.15, 0.2) is 41.2 Å². The van der Waals surface area contributed by atoms with E-state index < -0.39 is 5.97 Å². The van der Waals surface area contributed by atoms with Crippen LogP contribution in [0.25, 0.3) is 0 Å². The van der Waals surface area contributed by atoms with Gasteiger partial charge >= 0.3 is 5.97 Å². The molecule has 0 saturated heterocycles. The van der Waals surface area contributed by atoms with Crippen LogP contribution < -0.4 is 5.32 Å². The summed E-state index contributed by atoms with van der Waals surface area (Å²) in [6.45, 7) is 0. The van der Waals surface area contributed by atoms with E-state index in [1.807, 2.05) is 0 Å². The maximum atomic E-state index is 11.7. The second kappa shape index (κ2) is 4.93. The number of carbonyl (C=O) groups excluding carboxylic acids is 1. The number of aromatic carboxylic acids is 1. The van der Waals surface area contributed by atoms with Crippen LogP contribution >= 0.6 is 11.6 Å². The van der Waals surface area contributed by atoms with Gasteiger partial charge in [-0.3, -0.25) is 4.79 Å². The maximum Gasteiger partial charge on any atom is 0.337 e. The molecular weight excluding hydrogens is 258 g/mol. The van der Waals surface area contributed by atoms with Crippen LogP contribution in [-0.2, 0) is 0 Å². The van der Waals surface area contributed by atoms with E-state index in [1.165, 1.54) is 36.8 Å². The van der Waals surface area contributed by atoms with Crippen molar-refractivity contribution >= 4 is 29.2 Å². The van der Waals surface area contributed by atoms with E-state index in [0.29, 0.717) is 11.3 Å². The summed E-state index contributed by atoms with van der Waals surface area (Å²) in [6.07, 6.45) is 2.67. The molecule has 1 aromatic heterocycles. The van der Waals surface area contributed by atoms with Gasteiger partial charge < -0.3 is 14.8 Å². The summed E-state index contributed by atoms with van der Waals surface area (Å²) in [5.74, 6) is -1.54. The second-order valence-corrected chi connectivity index (χ2v) is 3.87. The minimum atomic E-state index is -1.15. The number of rotatable bonds is 3. The number of carboxylic acid groups (broad SMARTS) is 1. The quantitative estimate of drug-likeness (QED) is 0.894. The molecule has 1 aromatic carbocycles. The van der Waals surface area contributed by atoms with E-state index >= 15 is 0 Å². The highest BCUT2D eigenvalue weighted by Gasteiger charge is 2.12. The lowest BCUT2D eigenvalue weighted by Gasteiger charge is -2.05.